The van der Waals surface area contributed by atoms with E-state index < -0.39 is 150 Å². The zero-order chi connectivity index (χ0) is 100. The number of nitrogens with one attached hydrogen (secondary N) is 4. The van der Waals surface area contributed by atoms with Crippen LogP contribution in [-0.4, -0.2) is 213 Å². The minimum absolute atomic E-state index is 0.00172. The summed E-state index contributed by atoms with van der Waals surface area (Å²) in [6.45, 7) is 14.2. The topological polar surface area (TPSA) is 417 Å². The van der Waals surface area contributed by atoms with Crippen molar-refractivity contribution < 1.29 is 92.0 Å². The number of amidine groups is 1. The summed E-state index contributed by atoms with van der Waals surface area (Å²) in [5.41, 5.74) is 26.1. The van der Waals surface area contributed by atoms with Crippen molar-refractivity contribution in [3.8, 4) is 0 Å². The molecule has 13 N–H and O–H groups in total. The Hall–Kier alpha value is -11.8. The van der Waals surface area contributed by atoms with Gasteiger partial charge in [-0.2, -0.15) is 0 Å². The molecule has 0 saturated carbocycles. The largest absolute Gasteiger partial charge is 0.445 e. The molecular weight excluding hydrogens is 1810 g/mol. The molecule has 7 aromatic carbocycles. The minimum atomic E-state index is -3.76. The van der Waals surface area contributed by atoms with Crippen LogP contribution >= 0.6 is 0 Å². The predicted molar refractivity (Wildman–Crippen MR) is 517 cm³/mol. The predicted octanol–water partition coefficient (Wildman–Crippen LogP) is 12.4. The van der Waals surface area contributed by atoms with Crippen LogP contribution in [0.5, 0.6) is 0 Å². The number of rotatable bonds is 51. The lowest BCUT2D eigenvalue weighted by atomic mass is 10.0. The van der Waals surface area contributed by atoms with Crippen LogP contribution in [0.3, 0.4) is 0 Å². The van der Waals surface area contributed by atoms with Crippen molar-refractivity contribution in [1.82, 2.24) is 45.5 Å². The second-order valence-electron chi connectivity index (χ2n) is 34.0. The Morgan fingerprint density at radius 3 is 1.19 bits per heavy atom. The molecule has 137 heavy (non-hydrogen) atoms. The van der Waals surface area contributed by atoms with Crippen molar-refractivity contribution in [3.05, 3.63) is 308 Å². The van der Waals surface area contributed by atoms with Gasteiger partial charge >= 0.3 is 6.09 Å². The van der Waals surface area contributed by atoms with Gasteiger partial charge in [0.2, 0.25) is 17.7 Å². The molecule has 35 heteroatoms. The monoisotopic (exact) mass is 1940 g/mol. The SMILES string of the molecule is CCCCS(=O)(=O)C[C@@H](NC(=O)c1cccnc1)C(=O)N(Cc1cccc(CC)c1)C[C@@H](O)[C@@H](N)Cc1cc(F)cc(F)c1.CCCCS(=O)(=O)C[C@@H](NC(=O)c1ccncc1)C(=N)N(Cc1cccc(CC)c1)C[C@@H](O)[C@@H](N)Cc1cc(F)cc(F)c1.CCCN(CCC)C(=O)CC[C@@H](NC(=O)OCc1ccccc1)C(=O)N(Cc1cccc(CC)c1)C[C@@H](O)[C@@H](N)Cc1cc(F)cc(F)c1. The number of aryl methyl sites for hydroxylation is 3. The number of unbranched alkanes of at least 4 members (excludes halogenated alkanes) is 2. The Morgan fingerprint density at radius 1 is 0.409 bits per heavy atom. The van der Waals surface area contributed by atoms with E-state index in [1.807, 2.05) is 133 Å². The van der Waals surface area contributed by atoms with E-state index in [1.54, 1.807) is 29.2 Å². The highest BCUT2D eigenvalue weighted by atomic mass is 32.2. The van der Waals surface area contributed by atoms with Crippen LogP contribution in [0.1, 0.15) is 176 Å². The molecule has 2 aromatic heterocycles. The van der Waals surface area contributed by atoms with E-state index >= 15 is 0 Å². The van der Waals surface area contributed by atoms with Gasteiger partial charge in [0.05, 0.1) is 46.9 Å². The molecule has 742 valence electrons. The number of carbonyl (C=O) groups excluding carboxylic acids is 6. The van der Waals surface area contributed by atoms with E-state index in [9.17, 15) is 87.3 Å². The van der Waals surface area contributed by atoms with Gasteiger partial charge < -0.3 is 72.8 Å². The average molecular weight is 1940 g/mol. The second-order valence-corrected chi connectivity index (χ2v) is 38.5. The first-order valence-corrected chi connectivity index (χ1v) is 49.9. The number of amides is 6. The van der Waals surface area contributed by atoms with E-state index in [0.29, 0.717) is 38.8 Å². The quantitative estimate of drug-likeness (QED) is 0.00961. The third kappa shape index (κ3) is 39.7. The number of nitrogens with zero attached hydrogens (tertiary/aromatic N) is 6. The first kappa shape index (κ1) is 112. The summed E-state index contributed by atoms with van der Waals surface area (Å²) in [4.78, 5) is 94.6. The van der Waals surface area contributed by atoms with Crippen LogP contribution < -0.4 is 33.2 Å². The van der Waals surface area contributed by atoms with Crippen LogP contribution in [-0.2, 0) is 104 Å². The number of sulfone groups is 2. The molecule has 0 aliphatic heterocycles. The zero-order valence-electron chi connectivity index (χ0n) is 78.7. The highest BCUT2D eigenvalue weighted by Gasteiger charge is 2.37. The Bertz CT molecular complexity index is 5290. The van der Waals surface area contributed by atoms with Crippen molar-refractivity contribution in [2.75, 3.05) is 55.7 Å². The number of alkyl carbamates (subject to hydrolysis) is 1. The number of benzene rings is 7. The summed E-state index contributed by atoms with van der Waals surface area (Å²) in [7, 11) is -7.44. The zero-order valence-corrected chi connectivity index (χ0v) is 80.4. The molecule has 0 aliphatic rings. The molecule has 0 unspecified atom stereocenters. The van der Waals surface area contributed by atoms with Gasteiger partial charge in [0, 0.05) is 125 Å². The van der Waals surface area contributed by atoms with Crippen molar-refractivity contribution in [1.29, 1.82) is 5.41 Å². The fourth-order valence-corrected chi connectivity index (χ4v) is 18.4. The maximum absolute atomic E-state index is 14.3. The average Bonchev–Trinajstić information content (AvgIpc) is 0.829. The molecule has 0 saturated heterocycles. The van der Waals surface area contributed by atoms with E-state index in [1.165, 1.54) is 57.7 Å². The summed E-state index contributed by atoms with van der Waals surface area (Å²) in [6, 6.07) is 40.0. The minimum Gasteiger partial charge on any atom is -0.445 e. The fraction of sp³-hybridized carbons (Fsp3) is 0.422. The van der Waals surface area contributed by atoms with Crippen LogP contribution in [0.25, 0.3) is 0 Å². The van der Waals surface area contributed by atoms with Gasteiger partial charge in [0.1, 0.15) is 65.5 Å². The van der Waals surface area contributed by atoms with E-state index in [4.69, 9.17) is 27.3 Å². The molecule has 0 radical (unpaired) electrons. The molecule has 9 atom stereocenters. The smallest absolute Gasteiger partial charge is 0.408 e. The third-order valence-corrected chi connectivity index (χ3v) is 26.0. The van der Waals surface area contributed by atoms with Gasteiger partial charge in [0.15, 0.2) is 19.7 Å². The van der Waals surface area contributed by atoms with Gasteiger partial charge in [0.25, 0.3) is 11.8 Å². The highest BCUT2D eigenvalue weighted by molar-refractivity contribution is 7.91. The number of hydrogen-bond donors (Lipinski definition) is 10. The second kappa shape index (κ2) is 57.4. The first-order chi connectivity index (χ1) is 65.3. The van der Waals surface area contributed by atoms with Crippen LogP contribution in [0.15, 0.2) is 207 Å². The number of aliphatic hydroxyl groups is 3. The molecular formula is C102H131F6N13O14S2. The highest BCUT2D eigenvalue weighted by Crippen LogP contribution is 2.23. The fourth-order valence-electron chi connectivity index (χ4n) is 15.1. The van der Waals surface area contributed by atoms with Crippen molar-refractivity contribution in [2.45, 2.75) is 219 Å². The number of nitrogens with two attached hydrogens (primary N) is 3. The van der Waals surface area contributed by atoms with Gasteiger partial charge in [-0.15, -0.1) is 0 Å². The Labute approximate surface area is 800 Å². The molecule has 27 nitrogen and oxygen atoms in total. The standard InChI is InChI=1S/C38H50F2N4O5.C32H41F2N5O4S.C32H40F2N4O5S/c1-4-17-43(18-5-2)36(46)16-15-34(42-38(48)49-26-28-11-8-7-9-12-28)37(47)44(24-29-14-10-13-27(6-3)19-29)25-35(45)33(41)22-30-20-31(39)23-32(40)21-30;1-3-5-13-44(42,43)21-29(38-32(41)25-9-11-37-12-10-25)31(36)39(19-23-8-6-7-22(4-2)14-23)20-30(40)28(35)17-24-15-26(33)18-27(34)16-24;1-3-5-12-44(42,43)21-29(37-31(40)25-10-7-11-36-18-25)32(41)38(19-23-9-6-8-22(4-2)13-23)20-30(39)28(35)16-24-14-26(33)17-27(34)15-24/h7-14,19-21,23,33-35,45H,4-6,15-18,22,24-26,41H2,1-3H3,(H,42,48);6-12,14-16,18,28-30,36,40H,3-5,13,17,19-21,35H2,1-2H3,(H,38,41);6-11,13-15,17-18,28-30,39H,3-5,12,16,19-21,35H2,1-2H3,(H,37,40)/t33-,34+,35+;2*28-,29+,30+/m000/s1. The van der Waals surface area contributed by atoms with Gasteiger partial charge in [-0.25, -0.2) is 48.0 Å². The summed E-state index contributed by atoms with van der Waals surface area (Å²) in [6.07, 6.45) is 6.65. The van der Waals surface area contributed by atoms with Crippen molar-refractivity contribution >= 4 is 61.1 Å². The van der Waals surface area contributed by atoms with Gasteiger partial charge in [-0.1, -0.05) is 164 Å². The normalized spacial score (nSPS) is 13.3. The molecule has 0 spiro atoms. The summed E-state index contributed by atoms with van der Waals surface area (Å²) >= 11 is 0. The lowest BCUT2D eigenvalue weighted by molar-refractivity contribution is -0.137. The Balaban J connectivity index is 0.000000280. The number of pyridine rings is 2. The first-order valence-electron chi connectivity index (χ1n) is 46.2. The molecule has 0 aliphatic carbocycles. The van der Waals surface area contributed by atoms with Gasteiger partial charge in [-0.05, 0) is 187 Å². The molecule has 0 bridgehead atoms. The van der Waals surface area contributed by atoms with Crippen molar-refractivity contribution in [2.24, 2.45) is 17.2 Å². The molecule has 9 rings (SSSR count). The molecule has 9 aromatic rings. The lowest BCUT2D eigenvalue weighted by Gasteiger charge is -2.33. The summed E-state index contributed by atoms with van der Waals surface area (Å²) in [5.74, 6) is -8.93. The number of carbonyl (C=O) groups is 6. The maximum Gasteiger partial charge on any atom is 0.408 e. The lowest BCUT2D eigenvalue weighted by Crippen LogP contribution is -2.54. The third-order valence-electron chi connectivity index (χ3n) is 22.5. The maximum atomic E-state index is 14.3. The van der Waals surface area contributed by atoms with Gasteiger partial charge in [-0.3, -0.25) is 39.3 Å². The van der Waals surface area contributed by atoms with Crippen molar-refractivity contribution in [3.63, 3.8) is 0 Å². The van der Waals surface area contributed by atoms with Crippen LogP contribution in [0.4, 0.5) is 31.1 Å². The molecule has 0 fully saturated rings. The summed E-state index contributed by atoms with van der Waals surface area (Å²) < 4.78 is 140. The number of aromatic nitrogens is 2. The molecule has 2 heterocycles. The summed E-state index contributed by atoms with van der Waals surface area (Å²) in [5, 5.41) is 50.5. The number of halogens is 6. The Kier molecular flexibility index (Phi) is 47.0. The van der Waals surface area contributed by atoms with Crippen LogP contribution in [0, 0.1) is 40.3 Å². The van der Waals surface area contributed by atoms with E-state index in [-0.39, 0.29) is 129 Å². The number of ether oxygens (including phenoxy) is 1. The van der Waals surface area contributed by atoms with E-state index in [2.05, 4.69) is 25.9 Å². The Morgan fingerprint density at radius 2 is 0.788 bits per heavy atom. The number of hydrogen-bond acceptors (Lipinski definition) is 20. The molecule has 6 amide bonds. The van der Waals surface area contributed by atoms with E-state index in [0.717, 1.165) is 126 Å². The number of aliphatic hydroxyl groups excluding tert-OH is 3. The van der Waals surface area contributed by atoms with Crippen LogP contribution in [0.2, 0.25) is 0 Å².